The van der Waals surface area contributed by atoms with Crippen molar-refractivity contribution in [1.82, 2.24) is 0 Å². The van der Waals surface area contributed by atoms with Gasteiger partial charge in [-0.2, -0.15) is 0 Å². The Morgan fingerprint density at radius 2 is 1.72 bits per heavy atom. The van der Waals surface area contributed by atoms with Crippen LogP contribution in [-0.4, -0.2) is 17.3 Å². The Morgan fingerprint density at radius 3 is 2.33 bits per heavy atom. The zero-order valence-corrected chi connectivity index (χ0v) is 9.76. The van der Waals surface area contributed by atoms with Crippen molar-refractivity contribution in [3.63, 3.8) is 0 Å². The SMILES string of the molecule is O=C(C=CNc1ccccc1)C1C(=O)CCC1=O. The fraction of sp³-hybridized carbons (Fsp3) is 0.214. The molecule has 4 nitrogen and oxygen atoms in total. The summed E-state index contributed by atoms with van der Waals surface area (Å²) >= 11 is 0. The van der Waals surface area contributed by atoms with Gasteiger partial charge in [-0.05, 0) is 18.2 Å². The van der Waals surface area contributed by atoms with Crippen LogP contribution in [0.5, 0.6) is 0 Å². The average Bonchev–Trinajstić information content (AvgIpc) is 2.70. The minimum Gasteiger partial charge on any atom is -0.362 e. The van der Waals surface area contributed by atoms with E-state index in [1.807, 2.05) is 30.3 Å². The van der Waals surface area contributed by atoms with Crippen LogP contribution in [0, 0.1) is 5.92 Å². The Kier molecular flexibility index (Phi) is 3.67. The zero-order valence-electron chi connectivity index (χ0n) is 9.76. The number of rotatable bonds is 4. The maximum absolute atomic E-state index is 11.7. The molecule has 0 heterocycles. The van der Waals surface area contributed by atoms with Crippen LogP contribution >= 0.6 is 0 Å². The van der Waals surface area contributed by atoms with Crippen molar-refractivity contribution in [3.8, 4) is 0 Å². The van der Waals surface area contributed by atoms with Gasteiger partial charge in [0.2, 0.25) is 0 Å². The maximum atomic E-state index is 11.7. The van der Waals surface area contributed by atoms with Crippen molar-refractivity contribution < 1.29 is 14.4 Å². The Bertz CT molecular complexity index is 489. The van der Waals surface area contributed by atoms with E-state index in [1.165, 1.54) is 12.3 Å². The number of benzene rings is 1. The highest BCUT2D eigenvalue weighted by molar-refractivity contribution is 6.25. The van der Waals surface area contributed by atoms with Crippen molar-refractivity contribution in [2.75, 3.05) is 5.32 Å². The molecule has 1 aliphatic rings. The predicted molar refractivity (Wildman–Crippen MR) is 66.9 cm³/mol. The number of allylic oxidation sites excluding steroid dienone is 1. The first kappa shape index (κ1) is 12.2. The lowest BCUT2D eigenvalue weighted by Crippen LogP contribution is -2.23. The highest BCUT2D eigenvalue weighted by Crippen LogP contribution is 2.19. The van der Waals surface area contributed by atoms with Gasteiger partial charge in [-0.15, -0.1) is 0 Å². The van der Waals surface area contributed by atoms with E-state index >= 15 is 0 Å². The van der Waals surface area contributed by atoms with E-state index in [-0.39, 0.29) is 24.4 Å². The highest BCUT2D eigenvalue weighted by atomic mass is 16.2. The predicted octanol–water partition coefficient (Wildman–Crippen LogP) is 1.73. The largest absolute Gasteiger partial charge is 0.362 e. The molecule has 0 radical (unpaired) electrons. The molecule has 1 saturated carbocycles. The van der Waals surface area contributed by atoms with Crippen molar-refractivity contribution in [2.24, 2.45) is 5.92 Å². The molecule has 1 aliphatic carbocycles. The lowest BCUT2D eigenvalue weighted by atomic mass is 10.0. The second kappa shape index (κ2) is 5.40. The molecule has 1 aromatic rings. The van der Waals surface area contributed by atoms with Gasteiger partial charge in [0.1, 0.15) is 5.92 Å². The van der Waals surface area contributed by atoms with Crippen LogP contribution in [0.1, 0.15) is 12.8 Å². The number of anilines is 1. The minimum absolute atomic E-state index is 0.190. The molecule has 1 fully saturated rings. The number of hydrogen-bond acceptors (Lipinski definition) is 4. The summed E-state index contributed by atoms with van der Waals surface area (Å²) in [5.74, 6) is -2.05. The molecule has 0 saturated heterocycles. The molecule has 92 valence electrons. The Balaban J connectivity index is 1.95. The van der Waals surface area contributed by atoms with Gasteiger partial charge < -0.3 is 5.32 Å². The summed E-state index contributed by atoms with van der Waals surface area (Å²) in [6.45, 7) is 0. The fourth-order valence-electron chi connectivity index (χ4n) is 1.88. The zero-order chi connectivity index (χ0) is 13.0. The summed E-state index contributed by atoms with van der Waals surface area (Å²) < 4.78 is 0. The fourth-order valence-corrected chi connectivity index (χ4v) is 1.88. The molecule has 0 bridgehead atoms. The first-order chi connectivity index (χ1) is 8.68. The van der Waals surface area contributed by atoms with E-state index < -0.39 is 11.7 Å². The highest BCUT2D eigenvalue weighted by Gasteiger charge is 2.37. The van der Waals surface area contributed by atoms with E-state index in [9.17, 15) is 14.4 Å². The van der Waals surface area contributed by atoms with Crippen LogP contribution in [0.2, 0.25) is 0 Å². The van der Waals surface area contributed by atoms with Gasteiger partial charge in [0, 0.05) is 24.7 Å². The number of nitrogens with one attached hydrogen (secondary N) is 1. The molecule has 0 spiro atoms. The van der Waals surface area contributed by atoms with Crippen LogP contribution < -0.4 is 5.32 Å². The summed E-state index contributed by atoms with van der Waals surface area (Å²) in [7, 11) is 0. The van der Waals surface area contributed by atoms with Crippen molar-refractivity contribution in [2.45, 2.75) is 12.8 Å². The smallest absolute Gasteiger partial charge is 0.175 e. The van der Waals surface area contributed by atoms with Crippen LogP contribution in [0.25, 0.3) is 0 Å². The molecule has 0 aliphatic heterocycles. The maximum Gasteiger partial charge on any atom is 0.175 e. The van der Waals surface area contributed by atoms with Gasteiger partial charge in [-0.3, -0.25) is 14.4 Å². The van der Waals surface area contributed by atoms with Gasteiger partial charge in [0.25, 0.3) is 0 Å². The monoisotopic (exact) mass is 243 g/mol. The van der Waals surface area contributed by atoms with Crippen LogP contribution in [0.15, 0.2) is 42.6 Å². The van der Waals surface area contributed by atoms with Crippen molar-refractivity contribution in [1.29, 1.82) is 0 Å². The summed E-state index contributed by atoms with van der Waals surface area (Å²) in [4.78, 5) is 34.4. The van der Waals surface area contributed by atoms with E-state index in [2.05, 4.69) is 5.32 Å². The third-order valence-electron chi connectivity index (χ3n) is 2.82. The standard InChI is InChI=1S/C14H13NO3/c16-11-6-7-12(17)14(11)13(18)8-9-15-10-4-2-1-3-5-10/h1-5,8-9,14-15H,6-7H2. The molecule has 0 aromatic heterocycles. The molecule has 1 aromatic carbocycles. The Labute approximate surface area is 105 Å². The first-order valence-corrected chi connectivity index (χ1v) is 5.76. The number of ketones is 3. The number of carbonyl (C=O) groups is 3. The molecule has 0 unspecified atom stereocenters. The second-order valence-electron chi connectivity index (χ2n) is 4.11. The molecular weight excluding hydrogens is 230 g/mol. The van der Waals surface area contributed by atoms with Gasteiger partial charge in [0.15, 0.2) is 17.3 Å². The van der Waals surface area contributed by atoms with Crippen molar-refractivity contribution in [3.05, 3.63) is 42.6 Å². The topological polar surface area (TPSA) is 63.2 Å². The summed E-state index contributed by atoms with van der Waals surface area (Å²) in [5.41, 5.74) is 0.839. The number of carbonyl (C=O) groups excluding carboxylic acids is 3. The van der Waals surface area contributed by atoms with E-state index in [0.717, 1.165) is 5.69 Å². The van der Waals surface area contributed by atoms with Gasteiger partial charge in [-0.25, -0.2) is 0 Å². The quantitative estimate of drug-likeness (QED) is 0.646. The number of para-hydroxylation sites is 1. The van der Waals surface area contributed by atoms with Crippen LogP contribution in [-0.2, 0) is 14.4 Å². The lowest BCUT2D eigenvalue weighted by molar-refractivity contribution is -0.133. The second-order valence-corrected chi connectivity index (χ2v) is 4.11. The molecule has 0 atom stereocenters. The van der Waals surface area contributed by atoms with E-state index in [0.29, 0.717) is 0 Å². The normalized spacial score (nSPS) is 16.4. The molecule has 2 rings (SSSR count). The summed E-state index contributed by atoms with van der Waals surface area (Å²) in [6.07, 6.45) is 3.08. The lowest BCUT2D eigenvalue weighted by Gasteiger charge is -2.02. The minimum atomic E-state index is -1.07. The third kappa shape index (κ3) is 2.71. The van der Waals surface area contributed by atoms with Gasteiger partial charge >= 0.3 is 0 Å². The van der Waals surface area contributed by atoms with Gasteiger partial charge in [0.05, 0.1) is 0 Å². The molecule has 0 amide bonds. The third-order valence-corrected chi connectivity index (χ3v) is 2.82. The number of Topliss-reactive ketones (excluding diaryl/α,β-unsaturated/α-hetero) is 2. The Hall–Kier alpha value is -2.23. The van der Waals surface area contributed by atoms with Gasteiger partial charge in [-0.1, -0.05) is 18.2 Å². The Morgan fingerprint density at radius 1 is 1.11 bits per heavy atom. The number of hydrogen-bond donors (Lipinski definition) is 1. The summed E-state index contributed by atoms with van der Waals surface area (Å²) in [5, 5.41) is 2.90. The van der Waals surface area contributed by atoms with E-state index in [1.54, 1.807) is 0 Å². The molecule has 18 heavy (non-hydrogen) atoms. The average molecular weight is 243 g/mol. The summed E-state index contributed by atoms with van der Waals surface area (Å²) in [6, 6.07) is 9.31. The van der Waals surface area contributed by atoms with Crippen molar-refractivity contribution >= 4 is 23.0 Å². The molecule has 1 N–H and O–H groups in total. The van der Waals surface area contributed by atoms with Crippen LogP contribution in [0.3, 0.4) is 0 Å². The molecule has 4 heteroatoms. The molecular formula is C14H13NO3. The van der Waals surface area contributed by atoms with E-state index in [4.69, 9.17) is 0 Å². The van der Waals surface area contributed by atoms with Crippen LogP contribution in [0.4, 0.5) is 5.69 Å². The first-order valence-electron chi connectivity index (χ1n) is 5.76.